The van der Waals surface area contributed by atoms with E-state index in [4.69, 9.17) is 32.5 Å². The van der Waals surface area contributed by atoms with Gasteiger partial charge in [-0.2, -0.15) is 0 Å². The maximum Gasteiger partial charge on any atom is 0.494 e. The van der Waals surface area contributed by atoms with Crippen molar-refractivity contribution in [3.05, 3.63) is 135 Å². The van der Waals surface area contributed by atoms with Crippen LogP contribution in [0.5, 0.6) is 0 Å². The highest BCUT2D eigenvalue weighted by Gasteiger charge is 2.51. The molecule has 0 bridgehead atoms. The molecule has 1 fully saturated rings. The molecule has 0 aromatic heterocycles. The Labute approximate surface area is 279 Å². The van der Waals surface area contributed by atoms with Crippen molar-refractivity contribution in [1.29, 1.82) is 0 Å². The summed E-state index contributed by atoms with van der Waals surface area (Å²) in [6, 6.07) is 28.9. The number of hydrogen-bond acceptors (Lipinski definition) is 4. The number of carboxylic acids is 2. The van der Waals surface area contributed by atoms with Gasteiger partial charge in [0.05, 0.1) is 22.3 Å². The summed E-state index contributed by atoms with van der Waals surface area (Å²) in [6.45, 7) is 15.2. The van der Waals surface area contributed by atoms with Gasteiger partial charge in [-0.3, -0.25) is 0 Å². The maximum atomic E-state index is 10.8. The van der Waals surface area contributed by atoms with E-state index in [-0.39, 0.29) is 22.3 Å². The second-order valence-electron chi connectivity index (χ2n) is 11.3. The Balaban J connectivity index is 0.000000196. The third-order valence-electron chi connectivity index (χ3n) is 7.64. The molecule has 9 heteroatoms. The van der Waals surface area contributed by atoms with Gasteiger partial charge < -0.3 is 24.4 Å². The molecule has 1 aliphatic rings. The van der Waals surface area contributed by atoms with Gasteiger partial charge in [0.1, 0.15) is 0 Å². The van der Waals surface area contributed by atoms with Crippen LogP contribution < -0.4 is 5.46 Å². The summed E-state index contributed by atoms with van der Waals surface area (Å²) >= 11 is 3.40. The molecule has 234 valence electrons. The first-order valence-electron chi connectivity index (χ1n) is 14.4. The predicted molar refractivity (Wildman–Crippen MR) is 185 cm³/mol. The quantitative estimate of drug-likeness (QED) is 0.123. The number of terminal acetylenes is 1. The molecule has 4 aromatic carbocycles. The zero-order valence-corrected chi connectivity index (χ0v) is 27.7. The summed E-state index contributed by atoms with van der Waals surface area (Å²) in [5.41, 5.74) is 4.62. The number of rotatable bonds is 6. The molecular weight excluding hydrogens is 645 g/mol. The molecule has 0 radical (unpaired) electrons. The molecule has 0 unspecified atom stereocenters. The first-order valence-corrected chi connectivity index (χ1v) is 15.2. The molecule has 0 saturated carbocycles. The number of aromatic carboxylic acids is 2. The second kappa shape index (κ2) is 16.1. The lowest BCUT2D eigenvalue weighted by Crippen LogP contribution is -2.41. The van der Waals surface area contributed by atoms with E-state index < -0.39 is 19.1 Å². The van der Waals surface area contributed by atoms with Crippen molar-refractivity contribution in [1.82, 2.24) is 0 Å². The number of carbonyl (C=O) groups is 2. The molecular formula is C37H35BBrNO6. The number of nitrogens with zero attached hydrogens (tertiary/aromatic N) is 1. The lowest BCUT2D eigenvalue weighted by molar-refractivity contribution is 0.00578. The Morgan fingerprint density at radius 3 is 1.76 bits per heavy atom. The van der Waals surface area contributed by atoms with Crippen LogP contribution in [0.2, 0.25) is 0 Å². The van der Waals surface area contributed by atoms with E-state index in [1.54, 1.807) is 48.5 Å². The van der Waals surface area contributed by atoms with E-state index in [1.807, 2.05) is 76.2 Å². The largest absolute Gasteiger partial charge is 0.494 e. The van der Waals surface area contributed by atoms with Gasteiger partial charge in [0.2, 0.25) is 6.54 Å². The Morgan fingerprint density at radius 2 is 1.28 bits per heavy atom. The molecule has 2 N–H and O–H groups in total. The fourth-order valence-electron chi connectivity index (χ4n) is 4.33. The minimum atomic E-state index is -0.935. The average Bonchev–Trinajstić information content (AvgIpc) is 3.25. The molecule has 46 heavy (non-hydrogen) atoms. The Morgan fingerprint density at radius 1 is 0.804 bits per heavy atom. The van der Waals surface area contributed by atoms with Gasteiger partial charge in [0.25, 0.3) is 0 Å². The topological polar surface area (TPSA) is 97.4 Å². The molecule has 1 saturated heterocycles. The van der Waals surface area contributed by atoms with Crippen LogP contribution in [0.3, 0.4) is 0 Å². The van der Waals surface area contributed by atoms with Gasteiger partial charge in [0, 0.05) is 16.5 Å². The highest BCUT2D eigenvalue weighted by molar-refractivity contribution is 9.10. The van der Waals surface area contributed by atoms with Gasteiger partial charge >= 0.3 is 19.1 Å². The van der Waals surface area contributed by atoms with Crippen molar-refractivity contribution in [2.24, 2.45) is 0 Å². The zero-order chi connectivity index (χ0) is 33.9. The Bertz CT molecular complexity index is 1720. The summed E-state index contributed by atoms with van der Waals surface area (Å²) in [6.07, 6.45) is 5.85. The molecule has 1 heterocycles. The normalized spacial score (nSPS) is 13.9. The van der Waals surface area contributed by atoms with Crippen molar-refractivity contribution in [3.63, 3.8) is 0 Å². The van der Waals surface area contributed by atoms with Crippen LogP contribution >= 0.6 is 15.9 Å². The molecule has 0 spiro atoms. The van der Waals surface area contributed by atoms with Gasteiger partial charge in [-0.1, -0.05) is 82.7 Å². The standard InChI is InChI=1S/C15H11NO2.C13H17BO4.C9H7Br/c1-16-10-13-4-2-3-5-14(13)11-6-8-12(9-7-11)15(17)18;1-12(2)13(3,4)18-14(17-12)10-7-5-9(6-8-10)11(15)16;1-2-5-8-6-3-4-7-9(8)10/h2-9H,10H2,(H,17,18);5-8H,1-4H3,(H,15,16);1,3-4,6-7H,5H2. The maximum absolute atomic E-state index is 10.8. The highest BCUT2D eigenvalue weighted by atomic mass is 79.9. The summed E-state index contributed by atoms with van der Waals surface area (Å²) < 4.78 is 12.9. The summed E-state index contributed by atoms with van der Waals surface area (Å²) in [5.74, 6) is 0.726. The SMILES string of the molecule is C#CCc1ccccc1Br.CC1(C)OB(c2ccc(C(=O)O)cc2)OC1(C)C.[C-]#[N+]Cc1ccccc1-c1ccc(C(=O)O)cc1. The fourth-order valence-corrected chi connectivity index (χ4v) is 4.76. The van der Waals surface area contributed by atoms with E-state index in [1.165, 1.54) is 5.56 Å². The van der Waals surface area contributed by atoms with Crippen LogP contribution in [-0.4, -0.2) is 40.5 Å². The number of benzene rings is 4. The van der Waals surface area contributed by atoms with Crippen LogP contribution in [0.25, 0.3) is 16.0 Å². The zero-order valence-electron chi connectivity index (χ0n) is 26.2. The van der Waals surface area contributed by atoms with Crippen molar-refractivity contribution in [2.75, 3.05) is 0 Å². The Hall–Kier alpha value is -4.67. The molecule has 0 atom stereocenters. The third-order valence-corrected chi connectivity index (χ3v) is 8.42. The van der Waals surface area contributed by atoms with E-state index in [0.29, 0.717) is 13.0 Å². The highest BCUT2D eigenvalue weighted by Crippen LogP contribution is 2.36. The van der Waals surface area contributed by atoms with Gasteiger partial charge in [0.15, 0.2) is 0 Å². The van der Waals surface area contributed by atoms with Crippen molar-refractivity contribution < 1.29 is 29.1 Å². The smallest absolute Gasteiger partial charge is 0.478 e. The van der Waals surface area contributed by atoms with Crippen LogP contribution in [0, 0.1) is 18.9 Å². The minimum absolute atomic E-state index is 0.260. The van der Waals surface area contributed by atoms with Crippen LogP contribution in [-0.2, 0) is 22.3 Å². The van der Waals surface area contributed by atoms with Gasteiger partial charge in [-0.05, 0) is 80.2 Å². The molecule has 5 rings (SSSR count). The van der Waals surface area contributed by atoms with Crippen LogP contribution in [0.15, 0.2) is 102 Å². The average molecular weight is 680 g/mol. The summed E-state index contributed by atoms with van der Waals surface area (Å²) in [5, 5.41) is 17.7. The van der Waals surface area contributed by atoms with Crippen LogP contribution in [0.4, 0.5) is 0 Å². The summed E-state index contributed by atoms with van der Waals surface area (Å²) in [7, 11) is -0.446. The molecule has 1 aliphatic heterocycles. The Kier molecular flexibility index (Phi) is 12.5. The van der Waals surface area contributed by atoms with Crippen LogP contribution in [0.1, 0.15) is 59.5 Å². The van der Waals surface area contributed by atoms with Crippen molar-refractivity contribution >= 4 is 40.4 Å². The lowest BCUT2D eigenvalue weighted by Gasteiger charge is -2.32. The number of halogens is 1. The first-order chi connectivity index (χ1) is 21.8. The fraction of sp³-hybridized carbons (Fsp3) is 0.216. The van der Waals surface area contributed by atoms with E-state index >= 15 is 0 Å². The monoisotopic (exact) mass is 679 g/mol. The second-order valence-corrected chi connectivity index (χ2v) is 12.2. The van der Waals surface area contributed by atoms with E-state index in [2.05, 4.69) is 26.7 Å². The summed E-state index contributed by atoms with van der Waals surface area (Å²) in [4.78, 5) is 24.9. The number of carboxylic acid groups (broad SMARTS) is 2. The molecule has 7 nitrogen and oxygen atoms in total. The molecule has 0 aliphatic carbocycles. The first kappa shape index (κ1) is 35.8. The van der Waals surface area contributed by atoms with Crippen molar-refractivity contribution in [2.45, 2.75) is 51.9 Å². The van der Waals surface area contributed by atoms with Crippen molar-refractivity contribution in [3.8, 4) is 23.5 Å². The molecule has 0 amide bonds. The van der Waals surface area contributed by atoms with E-state index in [9.17, 15) is 9.59 Å². The van der Waals surface area contributed by atoms with Gasteiger partial charge in [-0.25, -0.2) is 16.2 Å². The molecule has 4 aromatic rings. The number of hydrogen-bond donors (Lipinski definition) is 2. The predicted octanol–water partition coefficient (Wildman–Crippen LogP) is 7.78. The minimum Gasteiger partial charge on any atom is -0.478 e. The lowest BCUT2D eigenvalue weighted by atomic mass is 9.79. The third kappa shape index (κ3) is 9.42. The van der Waals surface area contributed by atoms with Gasteiger partial charge in [-0.15, -0.1) is 12.3 Å². The van der Waals surface area contributed by atoms with E-state index in [0.717, 1.165) is 26.6 Å².